The van der Waals surface area contributed by atoms with E-state index in [-0.39, 0.29) is 5.82 Å². The topological polar surface area (TPSA) is 27.0 Å². The maximum atomic E-state index is 11.9. The summed E-state index contributed by atoms with van der Waals surface area (Å²) in [5.74, 6) is -0.209. The SMILES string of the molecule is Fc1cc[c-]cc1.[Cl][Au].c1c[n-]cn1. The standard InChI is InChI=1S/C6H4F.C3H3N2.Au.ClH/c7-6-4-2-1-3-5-6;1-2-5-3-4-1;;/h2-5H;1-3H;;1H/q2*-1;+1;/p-1. The Hall–Kier alpha value is -0.610. The van der Waals surface area contributed by atoms with Gasteiger partial charge in [-0.25, -0.2) is 4.39 Å². The molecule has 80 valence electrons. The molecule has 1 heterocycles. The van der Waals surface area contributed by atoms with E-state index in [1.54, 1.807) is 32.4 Å². The molecule has 14 heavy (non-hydrogen) atoms. The summed E-state index contributed by atoms with van der Waals surface area (Å²) in [5, 5.41) is 0. The Morgan fingerprint density at radius 1 is 1.36 bits per heavy atom. The predicted molar refractivity (Wildman–Crippen MR) is 48.6 cm³/mol. The Bertz CT molecular complexity index is 272. The first kappa shape index (κ1) is 13.4. The second kappa shape index (κ2) is 10.5. The summed E-state index contributed by atoms with van der Waals surface area (Å²) in [6, 6.07) is 8.49. The Morgan fingerprint density at radius 2 is 2.00 bits per heavy atom. The number of rotatable bonds is 0. The third kappa shape index (κ3) is 8.01. The van der Waals surface area contributed by atoms with Crippen LogP contribution in [0.3, 0.4) is 0 Å². The molecule has 0 saturated heterocycles. The van der Waals surface area contributed by atoms with Crippen molar-refractivity contribution in [3.63, 3.8) is 0 Å². The molecule has 0 N–H and O–H groups in total. The fourth-order valence-electron chi connectivity index (χ4n) is 0.559. The summed E-state index contributed by atoms with van der Waals surface area (Å²) in [7, 11) is 4.58. The molecule has 0 aliphatic rings. The van der Waals surface area contributed by atoms with Crippen LogP contribution in [0.25, 0.3) is 0 Å². The molecule has 0 saturated carbocycles. The monoisotopic (exact) mass is 394 g/mol. The van der Waals surface area contributed by atoms with Crippen molar-refractivity contribution in [1.29, 1.82) is 0 Å². The van der Waals surface area contributed by atoms with Crippen LogP contribution in [0.15, 0.2) is 43.0 Å². The largest absolute Gasteiger partial charge is 0.450 e. The summed E-state index contributed by atoms with van der Waals surface area (Å²) in [6.07, 6.45) is 4.78. The zero-order valence-corrected chi connectivity index (χ0v) is 9.92. The first-order valence-electron chi connectivity index (χ1n) is 3.49. The van der Waals surface area contributed by atoms with Gasteiger partial charge >= 0.3 is 29.2 Å². The average molecular weight is 395 g/mol. The van der Waals surface area contributed by atoms with Gasteiger partial charge in [0.2, 0.25) is 0 Å². The van der Waals surface area contributed by atoms with Gasteiger partial charge in [0.15, 0.2) is 0 Å². The van der Waals surface area contributed by atoms with Gasteiger partial charge in [0, 0.05) is 5.82 Å². The summed E-state index contributed by atoms with van der Waals surface area (Å²) in [6.45, 7) is 0. The van der Waals surface area contributed by atoms with Gasteiger partial charge in [-0.05, 0) is 0 Å². The Kier molecular flexibility index (Phi) is 10.0. The van der Waals surface area contributed by atoms with E-state index in [0.29, 0.717) is 0 Å². The molecule has 0 bridgehead atoms. The van der Waals surface area contributed by atoms with Crippen LogP contribution in [0.5, 0.6) is 0 Å². The van der Waals surface area contributed by atoms with E-state index in [1.165, 1.54) is 30.6 Å². The van der Waals surface area contributed by atoms with Gasteiger partial charge in [0.05, 0.1) is 0 Å². The molecule has 0 atom stereocenters. The molecular weight excluding hydrogens is 388 g/mol. The molecule has 0 spiro atoms. The molecule has 0 aliphatic carbocycles. The summed E-state index contributed by atoms with van der Waals surface area (Å²) < 4.78 is 11.9. The predicted octanol–water partition coefficient (Wildman–Crippen LogP) is 2.35. The first-order chi connectivity index (χ1) is 6.89. The second-order valence-electron chi connectivity index (χ2n) is 1.93. The van der Waals surface area contributed by atoms with Gasteiger partial charge in [-0.1, -0.05) is 18.7 Å². The molecule has 0 amide bonds. The molecular formula is C9H7AuClFN2-2. The van der Waals surface area contributed by atoms with Crippen molar-refractivity contribution in [3.05, 3.63) is 54.9 Å². The van der Waals surface area contributed by atoms with Crippen LogP contribution in [0.4, 0.5) is 4.39 Å². The molecule has 0 fully saturated rings. The van der Waals surface area contributed by atoms with Gasteiger partial charge < -0.3 is 9.97 Å². The molecule has 2 rings (SSSR count). The minimum atomic E-state index is -0.209. The van der Waals surface area contributed by atoms with Crippen molar-refractivity contribution in [2.45, 2.75) is 0 Å². The van der Waals surface area contributed by atoms with Gasteiger partial charge in [-0.2, -0.15) is 18.2 Å². The van der Waals surface area contributed by atoms with Crippen molar-refractivity contribution in [2.24, 2.45) is 0 Å². The third-order valence-electron chi connectivity index (χ3n) is 1.05. The van der Waals surface area contributed by atoms with E-state index >= 15 is 0 Å². The summed E-state index contributed by atoms with van der Waals surface area (Å²) in [5.41, 5.74) is 0. The quantitative estimate of drug-likeness (QED) is 0.507. The van der Waals surface area contributed by atoms with Crippen molar-refractivity contribution in [1.82, 2.24) is 9.97 Å². The van der Waals surface area contributed by atoms with Crippen LogP contribution in [-0.2, 0) is 20.0 Å². The van der Waals surface area contributed by atoms with E-state index in [2.05, 4.69) is 25.2 Å². The van der Waals surface area contributed by atoms with Crippen LogP contribution in [-0.4, -0.2) is 4.98 Å². The molecule has 2 aromatic rings. The van der Waals surface area contributed by atoms with Gasteiger partial charge in [0.1, 0.15) is 0 Å². The third-order valence-corrected chi connectivity index (χ3v) is 1.05. The fourth-order valence-corrected chi connectivity index (χ4v) is 0.559. The smallest absolute Gasteiger partial charge is 0.0843 e. The zero-order chi connectivity index (χ0) is 10.6. The molecule has 1 aromatic heterocycles. The number of aromatic nitrogens is 2. The fraction of sp³-hybridized carbons (Fsp3) is 0. The van der Waals surface area contributed by atoms with Crippen LogP contribution in [0, 0.1) is 11.9 Å². The average Bonchev–Trinajstić information content (AvgIpc) is 2.80. The number of hydrogen-bond acceptors (Lipinski definition) is 1. The van der Waals surface area contributed by atoms with Gasteiger partial charge in [-0.3, -0.25) is 0 Å². The van der Waals surface area contributed by atoms with Crippen molar-refractivity contribution in [3.8, 4) is 0 Å². The molecule has 5 heteroatoms. The molecule has 0 radical (unpaired) electrons. The number of imidazole rings is 1. The first-order valence-corrected chi connectivity index (χ1v) is 6.17. The molecule has 0 aliphatic heterocycles. The second-order valence-corrected chi connectivity index (χ2v) is 1.93. The zero-order valence-electron chi connectivity index (χ0n) is 6.99. The van der Waals surface area contributed by atoms with Crippen molar-refractivity contribution < 1.29 is 24.4 Å². The number of halogens is 2. The van der Waals surface area contributed by atoms with Crippen LogP contribution < -0.4 is 4.98 Å². The van der Waals surface area contributed by atoms with Gasteiger partial charge in [0.25, 0.3) is 0 Å². The number of hydrogen-bond donors (Lipinski definition) is 0. The normalized spacial score (nSPS) is 7.71. The van der Waals surface area contributed by atoms with Crippen LogP contribution in [0.1, 0.15) is 0 Å². The van der Waals surface area contributed by atoms with Crippen molar-refractivity contribution in [2.75, 3.05) is 0 Å². The van der Waals surface area contributed by atoms with E-state index in [9.17, 15) is 4.39 Å². The van der Waals surface area contributed by atoms with Crippen LogP contribution in [0.2, 0.25) is 0 Å². The van der Waals surface area contributed by atoms with Gasteiger partial charge in [-0.15, -0.1) is 12.1 Å². The Morgan fingerprint density at radius 3 is 2.21 bits per heavy atom. The molecule has 2 nitrogen and oxygen atoms in total. The molecule has 0 unspecified atom stereocenters. The minimum absolute atomic E-state index is 0.209. The maximum absolute atomic E-state index is 11.9. The van der Waals surface area contributed by atoms with E-state index in [1.807, 2.05) is 0 Å². The minimum Gasteiger partial charge on any atom is -0.450 e. The Labute approximate surface area is 98.3 Å². The number of nitrogens with zero attached hydrogens (tertiary/aromatic N) is 2. The number of benzene rings is 1. The van der Waals surface area contributed by atoms with Crippen LogP contribution >= 0.6 is 9.19 Å². The van der Waals surface area contributed by atoms with E-state index in [0.717, 1.165) is 0 Å². The summed E-state index contributed by atoms with van der Waals surface area (Å²) in [4.78, 5) is 7.22. The molecule has 1 aromatic carbocycles. The van der Waals surface area contributed by atoms with E-state index in [4.69, 9.17) is 0 Å². The van der Waals surface area contributed by atoms with E-state index < -0.39 is 0 Å². The summed E-state index contributed by atoms with van der Waals surface area (Å²) >= 11 is 1.75. The maximum Gasteiger partial charge on any atom is -0.0843 e. The van der Waals surface area contributed by atoms with Crippen molar-refractivity contribution >= 4 is 9.19 Å². The Balaban J connectivity index is 0.000000213.